The molecular weight excluding hydrogens is 312 g/mol. The summed E-state index contributed by atoms with van der Waals surface area (Å²) in [6.07, 6.45) is 1.24. The van der Waals surface area contributed by atoms with Crippen LogP contribution in [0.15, 0.2) is 18.2 Å². The molecule has 1 aliphatic heterocycles. The quantitative estimate of drug-likeness (QED) is 0.775. The van der Waals surface area contributed by atoms with Gasteiger partial charge in [0.05, 0.1) is 0 Å². The molecule has 0 atom stereocenters. The molecule has 0 N–H and O–H groups in total. The van der Waals surface area contributed by atoms with E-state index >= 15 is 0 Å². The van der Waals surface area contributed by atoms with Crippen LogP contribution in [-0.2, 0) is 5.33 Å². The molecule has 1 aliphatic rings. The van der Waals surface area contributed by atoms with Crippen LogP contribution in [0.1, 0.15) is 18.9 Å². The van der Waals surface area contributed by atoms with E-state index in [4.69, 9.17) is 11.6 Å². The molecule has 1 aromatic carbocycles. The fourth-order valence-electron chi connectivity index (χ4n) is 2.50. The van der Waals surface area contributed by atoms with Crippen molar-refractivity contribution in [3.8, 4) is 0 Å². The maximum Gasteiger partial charge on any atom is 0.0410 e. The SMILES string of the molecule is CCCN1CCN(c2ccc(Cl)cc2CBr)CC1. The summed E-state index contributed by atoms with van der Waals surface area (Å²) in [6.45, 7) is 8.02. The number of rotatable bonds is 4. The minimum atomic E-state index is 0.817. The van der Waals surface area contributed by atoms with Gasteiger partial charge >= 0.3 is 0 Å². The molecule has 0 unspecified atom stereocenters. The minimum Gasteiger partial charge on any atom is -0.369 e. The van der Waals surface area contributed by atoms with Gasteiger partial charge in [-0.2, -0.15) is 0 Å². The maximum atomic E-state index is 6.05. The van der Waals surface area contributed by atoms with Crippen molar-refractivity contribution in [3.63, 3.8) is 0 Å². The number of benzene rings is 1. The van der Waals surface area contributed by atoms with Crippen molar-refractivity contribution in [1.82, 2.24) is 4.90 Å². The second-order valence-electron chi connectivity index (χ2n) is 4.74. The van der Waals surface area contributed by atoms with E-state index in [9.17, 15) is 0 Å². The Morgan fingerprint density at radius 2 is 1.94 bits per heavy atom. The van der Waals surface area contributed by atoms with Gasteiger partial charge in [0.15, 0.2) is 0 Å². The Labute approximate surface area is 123 Å². The van der Waals surface area contributed by atoms with Gasteiger partial charge in [0.2, 0.25) is 0 Å². The molecule has 0 radical (unpaired) electrons. The highest BCUT2D eigenvalue weighted by atomic mass is 79.9. The Balaban J connectivity index is 2.05. The van der Waals surface area contributed by atoms with Gasteiger partial charge in [-0.25, -0.2) is 0 Å². The highest BCUT2D eigenvalue weighted by Gasteiger charge is 2.18. The number of halogens is 2. The van der Waals surface area contributed by atoms with E-state index in [0.29, 0.717) is 0 Å². The molecule has 1 heterocycles. The summed E-state index contributed by atoms with van der Waals surface area (Å²) in [4.78, 5) is 5.01. The Morgan fingerprint density at radius 3 is 2.56 bits per heavy atom. The van der Waals surface area contributed by atoms with Crippen molar-refractivity contribution in [3.05, 3.63) is 28.8 Å². The van der Waals surface area contributed by atoms with Crippen LogP contribution in [0.25, 0.3) is 0 Å². The Bertz CT molecular complexity index is 389. The predicted octanol–water partition coefficient (Wildman–Crippen LogP) is 3.77. The summed E-state index contributed by atoms with van der Waals surface area (Å²) in [6, 6.07) is 6.19. The predicted molar refractivity (Wildman–Crippen MR) is 83.0 cm³/mol. The molecule has 4 heteroatoms. The van der Waals surface area contributed by atoms with Gasteiger partial charge < -0.3 is 4.90 Å². The molecule has 0 spiro atoms. The third-order valence-corrected chi connectivity index (χ3v) is 4.28. The molecule has 0 amide bonds. The fraction of sp³-hybridized carbons (Fsp3) is 0.571. The van der Waals surface area contributed by atoms with Crippen LogP contribution in [0.3, 0.4) is 0 Å². The first-order chi connectivity index (χ1) is 8.74. The molecule has 0 aliphatic carbocycles. The molecule has 1 fully saturated rings. The molecule has 1 aromatic rings. The molecule has 0 aromatic heterocycles. The standard InChI is InChI=1S/C14H20BrClN2/c1-2-5-17-6-8-18(9-7-17)14-4-3-13(16)10-12(14)11-15/h3-4,10H,2,5-9,11H2,1H3. The Hall–Kier alpha value is -0.250. The number of nitrogens with zero attached hydrogens (tertiary/aromatic N) is 2. The normalized spacial score (nSPS) is 17.2. The van der Waals surface area contributed by atoms with E-state index in [1.54, 1.807) is 0 Å². The van der Waals surface area contributed by atoms with E-state index in [-0.39, 0.29) is 0 Å². The second kappa shape index (κ2) is 6.78. The summed E-state index contributed by atoms with van der Waals surface area (Å²) >= 11 is 9.60. The second-order valence-corrected chi connectivity index (χ2v) is 5.73. The van der Waals surface area contributed by atoms with E-state index in [1.807, 2.05) is 6.07 Å². The molecule has 1 saturated heterocycles. The van der Waals surface area contributed by atoms with Gasteiger partial charge in [-0.15, -0.1) is 0 Å². The molecule has 0 bridgehead atoms. The Morgan fingerprint density at radius 1 is 1.22 bits per heavy atom. The summed E-state index contributed by atoms with van der Waals surface area (Å²) in [5.41, 5.74) is 2.61. The lowest BCUT2D eigenvalue weighted by atomic mass is 10.1. The average molecular weight is 332 g/mol. The number of hydrogen-bond acceptors (Lipinski definition) is 2. The van der Waals surface area contributed by atoms with Crippen LogP contribution in [-0.4, -0.2) is 37.6 Å². The number of alkyl halides is 1. The number of hydrogen-bond donors (Lipinski definition) is 0. The molecular formula is C14H20BrClN2. The number of anilines is 1. The van der Waals surface area contributed by atoms with Crippen LogP contribution in [0, 0.1) is 0 Å². The fourth-order valence-corrected chi connectivity index (χ4v) is 3.14. The lowest BCUT2D eigenvalue weighted by Gasteiger charge is -2.36. The zero-order chi connectivity index (χ0) is 13.0. The van der Waals surface area contributed by atoms with E-state index < -0.39 is 0 Å². The van der Waals surface area contributed by atoms with Crippen LogP contribution < -0.4 is 4.90 Å². The molecule has 0 saturated carbocycles. The third-order valence-electron chi connectivity index (χ3n) is 3.44. The van der Waals surface area contributed by atoms with Gasteiger partial charge in [0.1, 0.15) is 0 Å². The highest BCUT2D eigenvalue weighted by Crippen LogP contribution is 2.27. The van der Waals surface area contributed by atoms with Crippen LogP contribution in [0.2, 0.25) is 5.02 Å². The molecule has 2 rings (SSSR count). The largest absolute Gasteiger partial charge is 0.369 e. The van der Waals surface area contributed by atoms with Gasteiger partial charge in [-0.3, -0.25) is 4.90 Å². The zero-order valence-electron chi connectivity index (χ0n) is 10.8. The van der Waals surface area contributed by atoms with E-state index in [0.717, 1.165) is 36.5 Å². The summed E-state index contributed by atoms with van der Waals surface area (Å²) in [5, 5.41) is 1.68. The van der Waals surface area contributed by atoms with Crippen molar-refractivity contribution in [2.24, 2.45) is 0 Å². The van der Waals surface area contributed by atoms with Crippen molar-refractivity contribution >= 4 is 33.2 Å². The van der Waals surface area contributed by atoms with Crippen molar-refractivity contribution < 1.29 is 0 Å². The monoisotopic (exact) mass is 330 g/mol. The smallest absolute Gasteiger partial charge is 0.0410 e. The number of piperazine rings is 1. The highest BCUT2D eigenvalue weighted by molar-refractivity contribution is 9.08. The first-order valence-corrected chi connectivity index (χ1v) is 8.06. The summed E-state index contributed by atoms with van der Waals surface area (Å²) in [5.74, 6) is 0. The summed E-state index contributed by atoms with van der Waals surface area (Å²) < 4.78 is 0. The van der Waals surface area contributed by atoms with Gasteiger partial charge in [-0.1, -0.05) is 34.5 Å². The average Bonchev–Trinajstić information content (AvgIpc) is 2.40. The molecule has 18 heavy (non-hydrogen) atoms. The Kier molecular flexibility index (Phi) is 5.34. The molecule has 2 nitrogen and oxygen atoms in total. The van der Waals surface area contributed by atoms with Gasteiger partial charge in [0, 0.05) is 42.2 Å². The van der Waals surface area contributed by atoms with Crippen LogP contribution in [0.5, 0.6) is 0 Å². The summed E-state index contributed by atoms with van der Waals surface area (Å²) in [7, 11) is 0. The van der Waals surface area contributed by atoms with Crippen molar-refractivity contribution in [1.29, 1.82) is 0 Å². The first kappa shape index (κ1) is 14.2. The zero-order valence-corrected chi connectivity index (χ0v) is 13.2. The van der Waals surface area contributed by atoms with Crippen molar-refractivity contribution in [2.75, 3.05) is 37.6 Å². The molecule has 100 valence electrons. The lowest BCUT2D eigenvalue weighted by molar-refractivity contribution is 0.258. The van der Waals surface area contributed by atoms with Crippen LogP contribution in [0.4, 0.5) is 5.69 Å². The topological polar surface area (TPSA) is 6.48 Å². The maximum absolute atomic E-state index is 6.05. The van der Waals surface area contributed by atoms with Gasteiger partial charge in [-0.05, 0) is 36.7 Å². The van der Waals surface area contributed by atoms with E-state index in [1.165, 1.54) is 24.2 Å². The van der Waals surface area contributed by atoms with E-state index in [2.05, 4.69) is 44.8 Å². The van der Waals surface area contributed by atoms with Crippen LogP contribution >= 0.6 is 27.5 Å². The third kappa shape index (κ3) is 3.40. The minimum absolute atomic E-state index is 0.817. The van der Waals surface area contributed by atoms with Crippen molar-refractivity contribution in [2.45, 2.75) is 18.7 Å². The first-order valence-electron chi connectivity index (χ1n) is 6.56. The van der Waals surface area contributed by atoms with Gasteiger partial charge in [0.25, 0.3) is 0 Å². The lowest BCUT2D eigenvalue weighted by Crippen LogP contribution is -2.46.